The fourth-order valence-corrected chi connectivity index (χ4v) is 2.73. The Morgan fingerprint density at radius 3 is 2.48 bits per heavy atom. The van der Waals surface area contributed by atoms with E-state index in [9.17, 15) is 8.78 Å². The van der Waals surface area contributed by atoms with Gasteiger partial charge in [-0.25, -0.2) is 0 Å². The highest BCUT2D eigenvalue weighted by Crippen LogP contribution is 2.38. The lowest BCUT2D eigenvalue weighted by Crippen LogP contribution is -2.33. The van der Waals surface area contributed by atoms with E-state index in [1.807, 2.05) is 12.1 Å². The van der Waals surface area contributed by atoms with Crippen LogP contribution in [-0.4, -0.2) is 12.7 Å². The van der Waals surface area contributed by atoms with Crippen molar-refractivity contribution in [1.82, 2.24) is 0 Å². The third-order valence-corrected chi connectivity index (χ3v) is 3.84. The van der Waals surface area contributed by atoms with Crippen LogP contribution in [0.15, 0.2) is 54.6 Å². The summed E-state index contributed by atoms with van der Waals surface area (Å²) in [7, 11) is 0. The second kappa shape index (κ2) is 6.12. The van der Waals surface area contributed by atoms with Crippen molar-refractivity contribution in [3.05, 3.63) is 60.2 Å². The smallest absolute Gasteiger partial charge is 0.387 e. The summed E-state index contributed by atoms with van der Waals surface area (Å²) in [4.78, 5) is 0. The maximum absolute atomic E-state index is 12.2. The van der Waals surface area contributed by atoms with Crippen molar-refractivity contribution in [2.24, 2.45) is 0 Å². The molecule has 0 aliphatic heterocycles. The van der Waals surface area contributed by atoms with Crippen molar-refractivity contribution < 1.29 is 13.5 Å². The zero-order valence-electron chi connectivity index (χ0n) is 11.5. The van der Waals surface area contributed by atoms with Gasteiger partial charge in [0.2, 0.25) is 0 Å². The van der Waals surface area contributed by atoms with Crippen molar-refractivity contribution in [2.45, 2.75) is 31.4 Å². The van der Waals surface area contributed by atoms with Gasteiger partial charge in [-0.15, -0.1) is 0 Å². The third kappa shape index (κ3) is 3.51. The van der Waals surface area contributed by atoms with E-state index in [1.54, 1.807) is 12.1 Å². The molecule has 2 aromatic rings. The molecule has 3 rings (SSSR count). The molecule has 4 heteroatoms. The van der Waals surface area contributed by atoms with Crippen LogP contribution in [0.25, 0.3) is 0 Å². The van der Waals surface area contributed by atoms with Gasteiger partial charge in [0.25, 0.3) is 0 Å². The van der Waals surface area contributed by atoms with Crippen molar-refractivity contribution in [1.29, 1.82) is 0 Å². The molecule has 21 heavy (non-hydrogen) atoms. The Morgan fingerprint density at radius 2 is 1.76 bits per heavy atom. The second-order valence-electron chi connectivity index (χ2n) is 5.33. The number of benzene rings is 2. The van der Waals surface area contributed by atoms with Gasteiger partial charge in [0.1, 0.15) is 5.75 Å². The molecule has 2 aromatic carbocycles. The minimum Gasteiger partial charge on any atom is -0.435 e. The Labute approximate surface area is 122 Å². The molecule has 0 heterocycles. The predicted octanol–water partition coefficient (Wildman–Crippen LogP) is 4.65. The first-order valence-electron chi connectivity index (χ1n) is 7.07. The fourth-order valence-electron chi connectivity index (χ4n) is 2.73. The van der Waals surface area contributed by atoms with Crippen LogP contribution in [0.5, 0.6) is 5.75 Å². The first kappa shape index (κ1) is 13.9. The monoisotopic (exact) mass is 289 g/mol. The topological polar surface area (TPSA) is 21.3 Å². The molecule has 0 radical (unpaired) electrons. The van der Waals surface area contributed by atoms with E-state index in [0.717, 1.165) is 18.5 Å². The van der Waals surface area contributed by atoms with Crippen LogP contribution in [0.1, 0.15) is 24.3 Å². The molecule has 1 saturated carbocycles. The van der Waals surface area contributed by atoms with E-state index in [0.29, 0.717) is 12.0 Å². The van der Waals surface area contributed by atoms with Gasteiger partial charge < -0.3 is 10.1 Å². The van der Waals surface area contributed by atoms with E-state index in [2.05, 4.69) is 34.3 Å². The summed E-state index contributed by atoms with van der Waals surface area (Å²) in [6, 6.07) is 17.6. The number of rotatable bonds is 5. The molecule has 1 fully saturated rings. The summed E-state index contributed by atoms with van der Waals surface area (Å²) in [5.41, 5.74) is 2.19. The molecule has 0 spiro atoms. The Kier molecular flexibility index (Phi) is 4.04. The van der Waals surface area contributed by atoms with Crippen molar-refractivity contribution in [2.75, 3.05) is 5.32 Å². The lowest BCUT2D eigenvalue weighted by molar-refractivity contribution is -0.0498. The number of anilines is 1. The first-order valence-corrected chi connectivity index (χ1v) is 7.07. The van der Waals surface area contributed by atoms with Crippen LogP contribution in [0.4, 0.5) is 14.5 Å². The van der Waals surface area contributed by atoms with Gasteiger partial charge in [0.05, 0.1) is 0 Å². The summed E-state index contributed by atoms with van der Waals surface area (Å²) in [5, 5.41) is 3.37. The summed E-state index contributed by atoms with van der Waals surface area (Å²) in [6.07, 6.45) is 2.12. The molecule has 1 aliphatic carbocycles. The van der Waals surface area contributed by atoms with E-state index in [4.69, 9.17) is 0 Å². The number of nitrogens with one attached hydrogen (secondary N) is 1. The number of halogens is 2. The Balaban J connectivity index is 1.55. The Morgan fingerprint density at radius 1 is 1.00 bits per heavy atom. The van der Waals surface area contributed by atoms with Gasteiger partial charge in [0.15, 0.2) is 0 Å². The highest BCUT2D eigenvalue weighted by molar-refractivity contribution is 5.49. The third-order valence-electron chi connectivity index (χ3n) is 3.84. The van der Waals surface area contributed by atoms with Crippen LogP contribution in [0, 0.1) is 0 Å². The molecule has 0 bridgehead atoms. The van der Waals surface area contributed by atoms with Gasteiger partial charge in [-0.1, -0.05) is 36.4 Å². The number of hydrogen-bond donors (Lipinski definition) is 1. The van der Waals surface area contributed by atoms with E-state index in [1.165, 1.54) is 11.6 Å². The molecular weight excluding hydrogens is 272 g/mol. The quantitative estimate of drug-likeness (QED) is 0.865. The predicted molar refractivity (Wildman–Crippen MR) is 78.9 cm³/mol. The molecule has 1 N–H and O–H groups in total. The Bertz CT molecular complexity index is 582. The van der Waals surface area contributed by atoms with Gasteiger partial charge in [0, 0.05) is 17.8 Å². The summed E-state index contributed by atoms with van der Waals surface area (Å²) >= 11 is 0. The van der Waals surface area contributed by atoms with Gasteiger partial charge in [-0.3, -0.25) is 0 Å². The summed E-state index contributed by atoms with van der Waals surface area (Å²) in [6.45, 7) is -2.79. The van der Waals surface area contributed by atoms with E-state index < -0.39 is 6.61 Å². The van der Waals surface area contributed by atoms with Crippen LogP contribution in [-0.2, 0) is 0 Å². The number of ether oxygens (including phenoxy) is 1. The van der Waals surface area contributed by atoms with Crippen LogP contribution >= 0.6 is 0 Å². The van der Waals surface area contributed by atoms with Gasteiger partial charge >= 0.3 is 6.61 Å². The molecule has 0 atom stereocenters. The molecule has 0 saturated heterocycles. The molecule has 2 nitrogen and oxygen atoms in total. The highest BCUT2D eigenvalue weighted by Gasteiger charge is 2.29. The van der Waals surface area contributed by atoms with Crippen molar-refractivity contribution >= 4 is 5.69 Å². The van der Waals surface area contributed by atoms with Crippen molar-refractivity contribution in [3.8, 4) is 5.75 Å². The Hall–Kier alpha value is -2.10. The fraction of sp³-hybridized carbons (Fsp3) is 0.294. The lowest BCUT2D eigenvalue weighted by Gasteiger charge is -2.37. The van der Waals surface area contributed by atoms with Crippen LogP contribution < -0.4 is 10.1 Å². The number of hydrogen-bond acceptors (Lipinski definition) is 2. The average Bonchev–Trinajstić information content (AvgIpc) is 2.43. The SMILES string of the molecule is FC(F)Oc1cccc(NC2CC(c3ccccc3)C2)c1. The minimum absolute atomic E-state index is 0.189. The normalized spacial score (nSPS) is 20.9. The van der Waals surface area contributed by atoms with Gasteiger partial charge in [-0.2, -0.15) is 8.78 Å². The number of alkyl halides is 2. The molecule has 0 unspecified atom stereocenters. The minimum atomic E-state index is -2.79. The van der Waals surface area contributed by atoms with Crippen molar-refractivity contribution in [3.63, 3.8) is 0 Å². The maximum atomic E-state index is 12.2. The molecule has 0 amide bonds. The standard InChI is InChI=1S/C17H17F2NO/c18-17(19)21-16-8-4-7-14(11-16)20-15-9-13(10-15)12-5-2-1-3-6-12/h1-8,11,13,15,17,20H,9-10H2. The van der Waals surface area contributed by atoms with E-state index >= 15 is 0 Å². The largest absolute Gasteiger partial charge is 0.435 e. The molecule has 1 aliphatic rings. The zero-order chi connectivity index (χ0) is 14.7. The second-order valence-corrected chi connectivity index (χ2v) is 5.33. The molecular formula is C17H17F2NO. The summed E-state index contributed by atoms with van der Waals surface area (Å²) < 4.78 is 28.8. The van der Waals surface area contributed by atoms with Crippen LogP contribution in [0.2, 0.25) is 0 Å². The van der Waals surface area contributed by atoms with E-state index in [-0.39, 0.29) is 5.75 Å². The van der Waals surface area contributed by atoms with Gasteiger partial charge in [-0.05, 0) is 36.5 Å². The average molecular weight is 289 g/mol. The summed E-state index contributed by atoms with van der Waals surface area (Å²) in [5.74, 6) is 0.776. The highest BCUT2D eigenvalue weighted by atomic mass is 19.3. The molecule has 0 aromatic heterocycles. The first-order chi connectivity index (χ1) is 10.2. The lowest BCUT2D eigenvalue weighted by atomic mass is 9.76. The maximum Gasteiger partial charge on any atom is 0.387 e. The zero-order valence-corrected chi connectivity index (χ0v) is 11.5. The van der Waals surface area contributed by atoms with Crippen LogP contribution in [0.3, 0.4) is 0 Å². The molecule has 110 valence electrons.